The Bertz CT molecular complexity index is 629. The van der Waals surface area contributed by atoms with E-state index >= 15 is 0 Å². The van der Waals surface area contributed by atoms with Gasteiger partial charge in [-0.3, -0.25) is 24.6 Å². The quantitative estimate of drug-likeness (QED) is 0.610. The van der Waals surface area contributed by atoms with Crippen molar-refractivity contribution in [1.29, 1.82) is 0 Å². The summed E-state index contributed by atoms with van der Waals surface area (Å²) in [4.78, 5) is 35.1. The number of primary amides is 1. The molecule has 9 heteroatoms. The Balaban J connectivity index is 1.93. The van der Waals surface area contributed by atoms with Gasteiger partial charge in [0, 0.05) is 31.3 Å². The molecule has 1 aromatic rings. The zero-order chi connectivity index (χ0) is 17.0. The van der Waals surface area contributed by atoms with E-state index in [1.165, 1.54) is 12.1 Å². The molecule has 1 fully saturated rings. The van der Waals surface area contributed by atoms with Gasteiger partial charge in [-0.05, 0) is 18.9 Å². The Hall–Kier alpha value is -2.19. The lowest BCUT2D eigenvalue weighted by molar-refractivity contribution is -0.384. The van der Waals surface area contributed by atoms with Crippen molar-refractivity contribution >= 4 is 29.1 Å². The maximum absolute atomic E-state index is 12.2. The molecule has 0 spiro atoms. The number of likely N-dealkylation sites (tertiary alicyclic amines) is 1. The van der Waals surface area contributed by atoms with Crippen LogP contribution in [0, 0.1) is 10.1 Å². The number of nitro benzene ring substituents is 1. The van der Waals surface area contributed by atoms with Gasteiger partial charge in [0.2, 0.25) is 5.91 Å². The average Bonchev–Trinajstić information content (AvgIpc) is 2.48. The predicted octanol–water partition coefficient (Wildman–Crippen LogP) is 0.928. The highest BCUT2D eigenvalue weighted by molar-refractivity contribution is 6.34. The Morgan fingerprint density at radius 3 is 2.57 bits per heavy atom. The van der Waals surface area contributed by atoms with Crippen LogP contribution in [0.5, 0.6) is 0 Å². The van der Waals surface area contributed by atoms with Crippen molar-refractivity contribution in [3.8, 4) is 0 Å². The summed E-state index contributed by atoms with van der Waals surface area (Å²) in [5.41, 5.74) is 5.20. The van der Waals surface area contributed by atoms with E-state index in [4.69, 9.17) is 17.3 Å². The minimum atomic E-state index is -0.567. The molecule has 124 valence electrons. The van der Waals surface area contributed by atoms with Crippen LogP contribution in [-0.2, 0) is 4.79 Å². The molecule has 2 rings (SSSR count). The number of amides is 2. The summed E-state index contributed by atoms with van der Waals surface area (Å²) in [5, 5.41) is 13.6. The molecule has 0 atom stereocenters. The lowest BCUT2D eigenvalue weighted by Crippen LogP contribution is -2.46. The molecule has 1 aliphatic heterocycles. The SMILES string of the molecule is NC(=O)CN1CCC(NC(=O)c2ccc([N+](=O)[O-])cc2Cl)CC1. The maximum Gasteiger partial charge on any atom is 0.270 e. The van der Waals surface area contributed by atoms with Gasteiger partial charge in [-0.2, -0.15) is 0 Å². The van der Waals surface area contributed by atoms with E-state index < -0.39 is 4.92 Å². The predicted molar refractivity (Wildman–Crippen MR) is 84.2 cm³/mol. The van der Waals surface area contributed by atoms with Gasteiger partial charge in [0.25, 0.3) is 11.6 Å². The Labute approximate surface area is 137 Å². The van der Waals surface area contributed by atoms with Crippen LogP contribution in [0.2, 0.25) is 5.02 Å². The smallest absolute Gasteiger partial charge is 0.270 e. The van der Waals surface area contributed by atoms with Crippen LogP contribution in [0.15, 0.2) is 18.2 Å². The number of rotatable bonds is 5. The third kappa shape index (κ3) is 4.64. The summed E-state index contributed by atoms with van der Waals surface area (Å²) >= 11 is 5.94. The van der Waals surface area contributed by atoms with Crippen LogP contribution >= 0.6 is 11.6 Å². The third-order valence-corrected chi connectivity index (χ3v) is 4.02. The van der Waals surface area contributed by atoms with E-state index in [9.17, 15) is 19.7 Å². The van der Waals surface area contributed by atoms with E-state index in [1.54, 1.807) is 0 Å². The second-order valence-corrected chi connectivity index (χ2v) is 5.82. The van der Waals surface area contributed by atoms with Gasteiger partial charge in [0.05, 0.1) is 22.1 Å². The molecule has 0 unspecified atom stereocenters. The molecule has 23 heavy (non-hydrogen) atoms. The Kier molecular flexibility index (Phi) is 5.51. The maximum atomic E-state index is 12.2. The van der Waals surface area contributed by atoms with Crippen LogP contribution in [0.25, 0.3) is 0 Å². The monoisotopic (exact) mass is 340 g/mol. The number of carbonyl (C=O) groups excluding carboxylic acids is 2. The molecular formula is C14H17ClN4O4. The second-order valence-electron chi connectivity index (χ2n) is 5.41. The van der Waals surface area contributed by atoms with Crippen molar-refractivity contribution in [3.63, 3.8) is 0 Å². The fourth-order valence-corrected chi connectivity index (χ4v) is 2.78. The number of piperidine rings is 1. The number of benzene rings is 1. The summed E-state index contributed by atoms with van der Waals surface area (Å²) in [5.74, 6) is -0.733. The van der Waals surface area contributed by atoms with Crippen molar-refractivity contribution in [1.82, 2.24) is 10.2 Å². The zero-order valence-electron chi connectivity index (χ0n) is 12.3. The third-order valence-electron chi connectivity index (χ3n) is 3.71. The van der Waals surface area contributed by atoms with Crippen LogP contribution in [0.3, 0.4) is 0 Å². The summed E-state index contributed by atoms with van der Waals surface area (Å²) in [6.07, 6.45) is 1.40. The van der Waals surface area contributed by atoms with Crippen LogP contribution in [0.4, 0.5) is 5.69 Å². The minimum Gasteiger partial charge on any atom is -0.369 e. The molecule has 0 bridgehead atoms. The first-order chi connectivity index (χ1) is 10.9. The summed E-state index contributed by atoms with van der Waals surface area (Å²) < 4.78 is 0. The molecule has 1 heterocycles. The molecule has 1 saturated heterocycles. The molecule has 0 aliphatic carbocycles. The molecule has 0 saturated carbocycles. The van der Waals surface area contributed by atoms with Crippen molar-refractivity contribution in [2.24, 2.45) is 5.73 Å². The Morgan fingerprint density at radius 2 is 2.04 bits per heavy atom. The molecule has 2 amide bonds. The van der Waals surface area contributed by atoms with Gasteiger partial charge < -0.3 is 11.1 Å². The summed E-state index contributed by atoms with van der Waals surface area (Å²) in [7, 11) is 0. The van der Waals surface area contributed by atoms with Crippen molar-refractivity contribution < 1.29 is 14.5 Å². The number of halogens is 1. The molecule has 0 radical (unpaired) electrons. The topological polar surface area (TPSA) is 119 Å². The molecule has 1 aliphatic rings. The van der Waals surface area contributed by atoms with Gasteiger partial charge in [-0.15, -0.1) is 0 Å². The normalized spacial score (nSPS) is 16.0. The van der Waals surface area contributed by atoms with Crippen LogP contribution < -0.4 is 11.1 Å². The lowest BCUT2D eigenvalue weighted by atomic mass is 10.0. The molecular weight excluding hydrogens is 324 g/mol. The highest BCUT2D eigenvalue weighted by atomic mass is 35.5. The largest absolute Gasteiger partial charge is 0.369 e. The van der Waals surface area contributed by atoms with Gasteiger partial charge >= 0.3 is 0 Å². The van der Waals surface area contributed by atoms with Crippen molar-refractivity contribution in [2.75, 3.05) is 19.6 Å². The zero-order valence-corrected chi connectivity index (χ0v) is 13.1. The first-order valence-electron chi connectivity index (χ1n) is 7.12. The van der Waals surface area contributed by atoms with Crippen molar-refractivity contribution in [3.05, 3.63) is 38.9 Å². The molecule has 8 nitrogen and oxygen atoms in total. The number of hydrogen-bond donors (Lipinski definition) is 2. The average molecular weight is 341 g/mol. The van der Waals surface area contributed by atoms with Gasteiger partial charge in [-0.1, -0.05) is 11.6 Å². The first-order valence-corrected chi connectivity index (χ1v) is 7.50. The highest BCUT2D eigenvalue weighted by Gasteiger charge is 2.23. The van der Waals surface area contributed by atoms with E-state index in [1.807, 2.05) is 4.90 Å². The molecule has 1 aromatic carbocycles. The van der Waals surface area contributed by atoms with E-state index in [0.29, 0.717) is 25.9 Å². The van der Waals surface area contributed by atoms with Crippen molar-refractivity contribution in [2.45, 2.75) is 18.9 Å². The minimum absolute atomic E-state index is 0.0297. The van der Waals surface area contributed by atoms with Crippen LogP contribution in [-0.4, -0.2) is 47.3 Å². The fourth-order valence-electron chi connectivity index (χ4n) is 2.52. The number of nitrogens with one attached hydrogen (secondary N) is 1. The fraction of sp³-hybridized carbons (Fsp3) is 0.429. The Morgan fingerprint density at radius 1 is 1.39 bits per heavy atom. The molecule has 0 aromatic heterocycles. The summed E-state index contributed by atoms with van der Waals surface area (Å²) in [6, 6.07) is 3.72. The van der Waals surface area contributed by atoms with Crippen LogP contribution in [0.1, 0.15) is 23.2 Å². The lowest BCUT2D eigenvalue weighted by Gasteiger charge is -2.31. The van der Waals surface area contributed by atoms with Gasteiger partial charge in [0.15, 0.2) is 0 Å². The summed E-state index contributed by atoms with van der Waals surface area (Å²) in [6.45, 7) is 1.55. The standard InChI is InChI=1S/C14H17ClN4O4/c15-12-7-10(19(22)23)1-2-11(12)14(21)17-9-3-5-18(6-4-9)8-13(16)20/h1-2,7,9H,3-6,8H2,(H2,16,20)(H,17,21). The second kappa shape index (κ2) is 7.38. The van der Waals surface area contributed by atoms with E-state index in [-0.39, 0.29) is 40.7 Å². The molecule has 3 N–H and O–H groups in total. The number of non-ortho nitro benzene ring substituents is 1. The number of carbonyl (C=O) groups is 2. The van der Waals surface area contributed by atoms with E-state index in [0.717, 1.165) is 6.07 Å². The number of hydrogen-bond acceptors (Lipinski definition) is 5. The first kappa shape index (κ1) is 17.2. The van der Waals surface area contributed by atoms with E-state index in [2.05, 4.69) is 5.32 Å². The number of nitrogens with zero attached hydrogens (tertiary/aromatic N) is 2. The van der Waals surface area contributed by atoms with Gasteiger partial charge in [-0.25, -0.2) is 0 Å². The van der Waals surface area contributed by atoms with Gasteiger partial charge in [0.1, 0.15) is 0 Å². The number of nitrogens with two attached hydrogens (primary N) is 1. The number of nitro groups is 1. The highest BCUT2D eigenvalue weighted by Crippen LogP contribution is 2.23.